The van der Waals surface area contributed by atoms with Gasteiger partial charge in [-0.3, -0.25) is 0 Å². The summed E-state index contributed by atoms with van der Waals surface area (Å²) in [6.07, 6.45) is 4.71. The molecule has 1 aromatic carbocycles. The van der Waals surface area contributed by atoms with Gasteiger partial charge in [0.2, 0.25) is 0 Å². The fourth-order valence-corrected chi connectivity index (χ4v) is 2.90. The molecule has 1 aliphatic rings. The molecule has 94 valence electrons. The lowest BCUT2D eigenvalue weighted by molar-refractivity contribution is 0.308. The molecule has 1 aromatic rings. The first-order chi connectivity index (χ1) is 8.15. The third kappa shape index (κ3) is 3.78. The van der Waals surface area contributed by atoms with Crippen LogP contribution in [0.3, 0.4) is 0 Å². The van der Waals surface area contributed by atoms with E-state index in [-0.39, 0.29) is 5.82 Å². The van der Waals surface area contributed by atoms with Crippen LogP contribution in [0.5, 0.6) is 0 Å². The molecule has 0 aliphatic carbocycles. The van der Waals surface area contributed by atoms with E-state index in [1.54, 1.807) is 0 Å². The maximum atomic E-state index is 13.1. The Morgan fingerprint density at radius 3 is 3.00 bits per heavy atom. The number of benzene rings is 1. The molecule has 1 heterocycles. The highest BCUT2D eigenvalue weighted by Crippen LogP contribution is 2.21. The van der Waals surface area contributed by atoms with Crippen LogP contribution in [0, 0.1) is 11.7 Å². The molecule has 0 spiro atoms. The first kappa shape index (κ1) is 13.0. The zero-order chi connectivity index (χ0) is 12.3. The SMILES string of the molecule is CC1CCNC(CCc2ccc(F)c(Br)c2)C1. The number of nitrogens with one attached hydrogen (secondary N) is 1. The smallest absolute Gasteiger partial charge is 0.137 e. The van der Waals surface area contributed by atoms with Crippen molar-refractivity contribution in [3.05, 3.63) is 34.1 Å². The summed E-state index contributed by atoms with van der Waals surface area (Å²) in [5.41, 5.74) is 1.21. The predicted molar refractivity (Wildman–Crippen MR) is 72.6 cm³/mol. The molecule has 17 heavy (non-hydrogen) atoms. The zero-order valence-electron chi connectivity index (χ0n) is 10.2. The van der Waals surface area contributed by atoms with Crippen molar-refractivity contribution in [1.29, 1.82) is 0 Å². The summed E-state index contributed by atoms with van der Waals surface area (Å²) in [6.45, 7) is 3.46. The van der Waals surface area contributed by atoms with E-state index in [2.05, 4.69) is 28.2 Å². The quantitative estimate of drug-likeness (QED) is 0.892. The maximum absolute atomic E-state index is 13.1. The first-order valence-corrected chi connectivity index (χ1v) is 7.12. The van der Waals surface area contributed by atoms with Crippen LogP contribution in [0.2, 0.25) is 0 Å². The van der Waals surface area contributed by atoms with Crippen molar-refractivity contribution < 1.29 is 4.39 Å². The van der Waals surface area contributed by atoms with Crippen LogP contribution in [-0.4, -0.2) is 12.6 Å². The van der Waals surface area contributed by atoms with Crippen LogP contribution >= 0.6 is 15.9 Å². The van der Waals surface area contributed by atoms with E-state index in [1.165, 1.54) is 24.5 Å². The molecule has 1 N–H and O–H groups in total. The molecule has 2 unspecified atom stereocenters. The molecular formula is C14H19BrFN. The van der Waals surface area contributed by atoms with Crippen LogP contribution < -0.4 is 5.32 Å². The Morgan fingerprint density at radius 2 is 2.29 bits per heavy atom. The Bertz CT molecular complexity index is 380. The lowest BCUT2D eigenvalue weighted by Gasteiger charge is -2.28. The number of rotatable bonds is 3. The molecular weight excluding hydrogens is 281 g/mol. The number of aryl methyl sites for hydroxylation is 1. The Hall–Kier alpha value is -0.410. The van der Waals surface area contributed by atoms with Gasteiger partial charge < -0.3 is 5.32 Å². The van der Waals surface area contributed by atoms with Crippen molar-refractivity contribution in [3.63, 3.8) is 0 Å². The Labute approximate surface area is 111 Å². The summed E-state index contributed by atoms with van der Waals surface area (Å²) in [6, 6.07) is 5.94. The van der Waals surface area contributed by atoms with Gasteiger partial charge in [-0.25, -0.2) is 4.39 Å². The van der Waals surface area contributed by atoms with Crippen LogP contribution in [-0.2, 0) is 6.42 Å². The molecule has 0 aromatic heterocycles. The highest BCUT2D eigenvalue weighted by Gasteiger charge is 2.17. The summed E-state index contributed by atoms with van der Waals surface area (Å²) in [4.78, 5) is 0. The van der Waals surface area contributed by atoms with Gasteiger partial charge in [0.05, 0.1) is 4.47 Å². The van der Waals surface area contributed by atoms with Crippen molar-refractivity contribution in [2.75, 3.05) is 6.54 Å². The molecule has 0 saturated carbocycles. The fourth-order valence-electron chi connectivity index (χ4n) is 2.48. The van der Waals surface area contributed by atoms with E-state index in [0.29, 0.717) is 10.5 Å². The maximum Gasteiger partial charge on any atom is 0.137 e. The second-order valence-electron chi connectivity index (χ2n) is 5.07. The Morgan fingerprint density at radius 1 is 1.47 bits per heavy atom. The lowest BCUT2D eigenvalue weighted by atomic mass is 9.91. The van der Waals surface area contributed by atoms with Crippen LogP contribution in [0.1, 0.15) is 31.7 Å². The third-order valence-electron chi connectivity index (χ3n) is 3.52. The Kier molecular flexibility index (Phi) is 4.57. The molecule has 3 heteroatoms. The summed E-state index contributed by atoms with van der Waals surface area (Å²) < 4.78 is 13.7. The van der Waals surface area contributed by atoms with Gasteiger partial charge in [0.1, 0.15) is 5.82 Å². The number of piperidine rings is 1. The number of hydrogen-bond acceptors (Lipinski definition) is 1. The van der Waals surface area contributed by atoms with Gasteiger partial charge >= 0.3 is 0 Å². The van der Waals surface area contributed by atoms with Crippen molar-refractivity contribution in [3.8, 4) is 0 Å². The standard InChI is InChI=1S/C14H19BrFN/c1-10-6-7-17-12(8-10)4-2-11-3-5-14(16)13(15)9-11/h3,5,9-10,12,17H,2,4,6-8H2,1H3. The summed E-state index contributed by atoms with van der Waals surface area (Å²) in [5, 5.41) is 3.56. The third-order valence-corrected chi connectivity index (χ3v) is 4.13. The van der Waals surface area contributed by atoms with Gasteiger partial charge in [-0.2, -0.15) is 0 Å². The minimum atomic E-state index is -0.182. The summed E-state index contributed by atoms with van der Waals surface area (Å²) >= 11 is 3.23. The summed E-state index contributed by atoms with van der Waals surface area (Å²) in [7, 11) is 0. The van der Waals surface area contributed by atoms with E-state index in [4.69, 9.17) is 0 Å². The van der Waals surface area contributed by atoms with Gasteiger partial charge in [-0.05, 0) is 71.8 Å². The predicted octanol–water partition coefficient (Wildman–Crippen LogP) is 3.91. The normalized spacial score (nSPS) is 24.9. The highest BCUT2D eigenvalue weighted by atomic mass is 79.9. The van der Waals surface area contributed by atoms with Gasteiger partial charge in [0.25, 0.3) is 0 Å². The van der Waals surface area contributed by atoms with Crippen molar-refractivity contribution in [2.24, 2.45) is 5.92 Å². The van der Waals surface area contributed by atoms with Crippen molar-refractivity contribution >= 4 is 15.9 Å². The van der Waals surface area contributed by atoms with Crippen molar-refractivity contribution in [1.82, 2.24) is 5.32 Å². The molecule has 0 radical (unpaired) electrons. The largest absolute Gasteiger partial charge is 0.314 e. The minimum Gasteiger partial charge on any atom is -0.314 e. The van der Waals surface area contributed by atoms with E-state index in [9.17, 15) is 4.39 Å². The van der Waals surface area contributed by atoms with Crippen LogP contribution in [0.15, 0.2) is 22.7 Å². The molecule has 1 saturated heterocycles. The Balaban J connectivity index is 1.86. The topological polar surface area (TPSA) is 12.0 Å². The van der Waals surface area contributed by atoms with Crippen molar-refractivity contribution in [2.45, 2.75) is 38.6 Å². The summed E-state index contributed by atoms with van der Waals surface area (Å²) in [5.74, 6) is 0.652. The van der Waals surface area contributed by atoms with Crippen LogP contribution in [0.25, 0.3) is 0 Å². The van der Waals surface area contributed by atoms with Gasteiger partial charge in [0, 0.05) is 6.04 Å². The molecule has 1 nitrogen and oxygen atoms in total. The monoisotopic (exact) mass is 299 g/mol. The molecule has 1 aliphatic heterocycles. The first-order valence-electron chi connectivity index (χ1n) is 6.32. The highest BCUT2D eigenvalue weighted by molar-refractivity contribution is 9.10. The van der Waals surface area contributed by atoms with Gasteiger partial charge in [0.15, 0.2) is 0 Å². The minimum absolute atomic E-state index is 0.182. The van der Waals surface area contributed by atoms with Gasteiger partial charge in [-0.1, -0.05) is 13.0 Å². The molecule has 2 rings (SSSR count). The number of hydrogen-bond donors (Lipinski definition) is 1. The molecule has 0 amide bonds. The van der Waals surface area contributed by atoms with Gasteiger partial charge in [-0.15, -0.1) is 0 Å². The molecule has 1 fully saturated rings. The van der Waals surface area contributed by atoms with E-state index < -0.39 is 0 Å². The van der Waals surface area contributed by atoms with E-state index in [0.717, 1.165) is 25.3 Å². The second-order valence-corrected chi connectivity index (χ2v) is 5.92. The average Bonchev–Trinajstić information content (AvgIpc) is 2.31. The molecule has 0 bridgehead atoms. The van der Waals surface area contributed by atoms with E-state index in [1.807, 2.05) is 12.1 Å². The number of halogens is 2. The lowest BCUT2D eigenvalue weighted by Crippen LogP contribution is -2.37. The molecule has 2 atom stereocenters. The second kappa shape index (κ2) is 5.96. The van der Waals surface area contributed by atoms with Crippen LogP contribution in [0.4, 0.5) is 4.39 Å². The van der Waals surface area contributed by atoms with E-state index >= 15 is 0 Å². The average molecular weight is 300 g/mol. The fraction of sp³-hybridized carbons (Fsp3) is 0.571. The zero-order valence-corrected chi connectivity index (χ0v) is 11.8.